The van der Waals surface area contributed by atoms with Crippen molar-refractivity contribution in [2.45, 2.75) is 77.2 Å². The number of halogens is 2. The molecule has 0 aromatic heterocycles. The Labute approximate surface area is 193 Å². The molecule has 1 saturated carbocycles. The van der Waals surface area contributed by atoms with Crippen molar-refractivity contribution >= 4 is 23.2 Å². The van der Waals surface area contributed by atoms with Crippen molar-refractivity contribution in [3.05, 3.63) is 28.2 Å². The van der Waals surface area contributed by atoms with E-state index in [0.717, 1.165) is 31.2 Å². The van der Waals surface area contributed by atoms with Crippen LogP contribution in [-0.2, 0) is 4.74 Å². The van der Waals surface area contributed by atoms with E-state index in [0.29, 0.717) is 28.7 Å². The van der Waals surface area contributed by atoms with E-state index in [1.807, 2.05) is 6.07 Å². The first-order valence-electron chi connectivity index (χ1n) is 12.1. The zero-order valence-electron chi connectivity index (χ0n) is 18.6. The maximum Gasteiger partial charge on any atom is 0.120 e. The number of piperidine rings is 1. The van der Waals surface area contributed by atoms with Crippen LogP contribution in [0.4, 0.5) is 0 Å². The first-order chi connectivity index (χ1) is 14.7. The van der Waals surface area contributed by atoms with E-state index in [9.17, 15) is 0 Å². The van der Waals surface area contributed by atoms with Crippen LogP contribution in [0.5, 0.6) is 5.75 Å². The molecule has 2 atom stereocenters. The summed E-state index contributed by atoms with van der Waals surface area (Å²) in [6, 6.07) is 5.49. The van der Waals surface area contributed by atoms with Crippen molar-refractivity contribution in [3.63, 3.8) is 0 Å². The lowest BCUT2D eigenvalue weighted by molar-refractivity contribution is -0.0584. The first kappa shape index (κ1) is 24.2. The van der Waals surface area contributed by atoms with Crippen molar-refractivity contribution in [2.24, 2.45) is 11.8 Å². The van der Waals surface area contributed by atoms with Gasteiger partial charge in [0.15, 0.2) is 0 Å². The van der Waals surface area contributed by atoms with Crippen LogP contribution in [0, 0.1) is 11.8 Å². The molecular formula is C25H39Cl2NO2. The van der Waals surface area contributed by atoms with Gasteiger partial charge in [0.25, 0.3) is 0 Å². The Bertz CT molecular complexity index is 621. The van der Waals surface area contributed by atoms with Crippen LogP contribution in [0.15, 0.2) is 18.2 Å². The highest BCUT2D eigenvalue weighted by Crippen LogP contribution is 2.30. The molecule has 2 aliphatic rings. The third-order valence-electron chi connectivity index (χ3n) is 6.78. The van der Waals surface area contributed by atoms with Crippen LogP contribution < -0.4 is 4.74 Å². The number of benzene rings is 1. The zero-order chi connectivity index (χ0) is 21.2. The summed E-state index contributed by atoms with van der Waals surface area (Å²) in [5.74, 6) is 2.13. The summed E-state index contributed by atoms with van der Waals surface area (Å²) in [6.45, 7) is 7.39. The van der Waals surface area contributed by atoms with Gasteiger partial charge in [0, 0.05) is 19.2 Å². The summed E-state index contributed by atoms with van der Waals surface area (Å²) in [7, 11) is 0. The summed E-state index contributed by atoms with van der Waals surface area (Å²) >= 11 is 12.1. The number of ether oxygens (including phenoxy) is 2. The fourth-order valence-electron chi connectivity index (χ4n) is 4.84. The predicted molar refractivity (Wildman–Crippen MR) is 127 cm³/mol. The molecule has 1 aliphatic carbocycles. The van der Waals surface area contributed by atoms with Crippen molar-refractivity contribution in [3.8, 4) is 5.75 Å². The predicted octanol–water partition coefficient (Wildman–Crippen LogP) is 7.24. The fraction of sp³-hybridized carbons (Fsp3) is 0.760. The topological polar surface area (TPSA) is 21.7 Å². The molecule has 170 valence electrons. The molecule has 0 spiro atoms. The monoisotopic (exact) mass is 455 g/mol. The largest absolute Gasteiger partial charge is 0.494 e. The standard InChI is InChI=1S/C25H39Cl2NO2/c1-2-3-7-14-28-15-12-21(13-16-29-22-10-11-23(26)24(27)17-22)25(18-28)30-19-20-8-5-4-6-9-20/h10-11,17,20-21,25H,2-9,12-16,18-19H2,1H3/t21-,25+/m1/s1. The second kappa shape index (κ2) is 13.2. The average Bonchev–Trinajstić information content (AvgIpc) is 2.77. The Morgan fingerprint density at radius 2 is 1.87 bits per heavy atom. The van der Waals surface area contributed by atoms with Crippen LogP contribution in [-0.4, -0.2) is 43.9 Å². The van der Waals surface area contributed by atoms with Crippen molar-refractivity contribution in [1.29, 1.82) is 0 Å². The number of nitrogens with zero attached hydrogens (tertiary/aromatic N) is 1. The Balaban J connectivity index is 1.49. The van der Waals surface area contributed by atoms with E-state index >= 15 is 0 Å². The van der Waals surface area contributed by atoms with Gasteiger partial charge in [-0.1, -0.05) is 62.2 Å². The Hall–Kier alpha value is -0.480. The van der Waals surface area contributed by atoms with Crippen molar-refractivity contribution in [2.75, 3.05) is 32.8 Å². The molecule has 30 heavy (non-hydrogen) atoms. The Morgan fingerprint density at radius 1 is 1.03 bits per heavy atom. The summed E-state index contributed by atoms with van der Waals surface area (Å²) < 4.78 is 12.6. The van der Waals surface area contributed by atoms with Gasteiger partial charge >= 0.3 is 0 Å². The van der Waals surface area contributed by atoms with Gasteiger partial charge in [0.05, 0.1) is 22.8 Å². The van der Waals surface area contributed by atoms with E-state index in [2.05, 4.69) is 11.8 Å². The Morgan fingerprint density at radius 3 is 2.63 bits per heavy atom. The number of hydrogen-bond donors (Lipinski definition) is 0. The molecule has 2 fully saturated rings. The molecule has 0 N–H and O–H groups in total. The normalized spacial score (nSPS) is 23.6. The fourth-order valence-corrected chi connectivity index (χ4v) is 5.13. The second-order valence-corrected chi connectivity index (χ2v) is 9.96. The minimum Gasteiger partial charge on any atom is -0.494 e. The lowest BCUT2D eigenvalue weighted by atomic mass is 9.88. The molecule has 0 radical (unpaired) electrons. The lowest BCUT2D eigenvalue weighted by Crippen LogP contribution is -2.46. The smallest absolute Gasteiger partial charge is 0.120 e. The van der Waals surface area contributed by atoms with E-state index in [1.54, 1.807) is 12.1 Å². The van der Waals surface area contributed by atoms with Gasteiger partial charge in [0.2, 0.25) is 0 Å². The van der Waals surface area contributed by atoms with E-state index in [4.69, 9.17) is 32.7 Å². The van der Waals surface area contributed by atoms with E-state index in [-0.39, 0.29) is 0 Å². The Kier molecular flexibility index (Phi) is 10.6. The number of rotatable bonds is 11. The molecule has 3 nitrogen and oxygen atoms in total. The van der Waals surface area contributed by atoms with Crippen LogP contribution >= 0.6 is 23.2 Å². The van der Waals surface area contributed by atoms with Crippen LogP contribution in [0.25, 0.3) is 0 Å². The van der Waals surface area contributed by atoms with Gasteiger partial charge in [-0.3, -0.25) is 0 Å². The second-order valence-electron chi connectivity index (χ2n) is 9.15. The lowest BCUT2D eigenvalue weighted by Gasteiger charge is -2.39. The van der Waals surface area contributed by atoms with Gasteiger partial charge in [-0.25, -0.2) is 0 Å². The first-order valence-corrected chi connectivity index (χ1v) is 12.8. The maximum absolute atomic E-state index is 6.57. The van der Waals surface area contributed by atoms with Gasteiger partial charge in [-0.15, -0.1) is 0 Å². The summed E-state index contributed by atoms with van der Waals surface area (Å²) in [5, 5.41) is 1.11. The van der Waals surface area contributed by atoms with E-state index < -0.39 is 0 Å². The number of hydrogen-bond acceptors (Lipinski definition) is 3. The number of unbranched alkanes of at least 4 members (excludes halogenated alkanes) is 2. The molecular weight excluding hydrogens is 417 g/mol. The summed E-state index contributed by atoms with van der Waals surface area (Å²) in [5.41, 5.74) is 0. The highest BCUT2D eigenvalue weighted by molar-refractivity contribution is 6.42. The van der Waals surface area contributed by atoms with Gasteiger partial charge < -0.3 is 14.4 Å². The molecule has 1 heterocycles. The third-order valence-corrected chi connectivity index (χ3v) is 7.52. The molecule has 1 aliphatic heterocycles. The minimum absolute atomic E-state index is 0.333. The van der Waals surface area contributed by atoms with Crippen LogP contribution in [0.1, 0.15) is 71.1 Å². The minimum atomic E-state index is 0.333. The SMILES string of the molecule is CCCCCN1CC[C@H](CCOc2ccc(Cl)c(Cl)c2)[C@@H](OCC2CCCCC2)C1. The molecule has 5 heteroatoms. The molecule has 0 bridgehead atoms. The highest BCUT2D eigenvalue weighted by Gasteiger charge is 2.30. The number of likely N-dealkylation sites (tertiary alicyclic amines) is 1. The van der Waals surface area contributed by atoms with Gasteiger partial charge in [0.1, 0.15) is 5.75 Å². The quantitative estimate of drug-likeness (QED) is 0.328. The maximum atomic E-state index is 6.57. The molecule has 1 aromatic rings. The summed E-state index contributed by atoms with van der Waals surface area (Å²) in [6.07, 6.45) is 13.3. The van der Waals surface area contributed by atoms with Gasteiger partial charge in [-0.05, 0) is 69.2 Å². The molecule has 3 rings (SSSR count). The summed E-state index contributed by atoms with van der Waals surface area (Å²) in [4.78, 5) is 2.62. The molecule has 0 amide bonds. The molecule has 0 unspecified atom stereocenters. The average molecular weight is 456 g/mol. The highest BCUT2D eigenvalue weighted by atomic mass is 35.5. The van der Waals surface area contributed by atoms with Crippen LogP contribution in [0.2, 0.25) is 10.0 Å². The van der Waals surface area contributed by atoms with Gasteiger partial charge in [-0.2, -0.15) is 0 Å². The zero-order valence-corrected chi connectivity index (χ0v) is 20.1. The van der Waals surface area contributed by atoms with Crippen molar-refractivity contribution < 1.29 is 9.47 Å². The molecule has 1 aromatic carbocycles. The van der Waals surface area contributed by atoms with E-state index in [1.165, 1.54) is 70.9 Å². The molecule has 1 saturated heterocycles. The van der Waals surface area contributed by atoms with Crippen LogP contribution in [0.3, 0.4) is 0 Å². The third kappa shape index (κ3) is 7.89. The van der Waals surface area contributed by atoms with Crippen molar-refractivity contribution in [1.82, 2.24) is 4.90 Å².